The van der Waals surface area contributed by atoms with E-state index in [1.165, 1.54) is 0 Å². The molecule has 0 saturated heterocycles. The lowest BCUT2D eigenvalue weighted by Gasteiger charge is -2.27. The number of nitrogens with zero attached hydrogens (tertiary/aromatic N) is 5. The minimum atomic E-state index is -0.134. The molecule has 1 aromatic heterocycles. The van der Waals surface area contributed by atoms with Crippen LogP contribution >= 0.6 is 0 Å². The van der Waals surface area contributed by atoms with Gasteiger partial charge in [-0.3, -0.25) is 14.4 Å². The van der Waals surface area contributed by atoms with Gasteiger partial charge in [0.1, 0.15) is 6.07 Å². The molecule has 2 heterocycles. The van der Waals surface area contributed by atoms with E-state index in [2.05, 4.69) is 5.10 Å². The molecule has 0 aromatic carbocycles. The third-order valence-corrected chi connectivity index (χ3v) is 3.57. The number of carbonyl (C=O) groups is 1. The number of hydrogen-bond donors (Lipinski definition) is 0. The van der Waals surface area contributed by atoms with Gasteiger partial charge in [0.15, 0.2) is 5.69 Å². The highest BCUT2D eigenvalue weighted by Crippen LogP contribution is 2.15. The fraction of sp³-hybridized carbons (Fsp3) is 0.615. The Bertz CT molecular complexity index is 514. The quantitative estimate of drug-likeness (QED) is 0.774. The molecule has 1 amide bonds. The lowest BCUT2D eigenvalue weighted by Crippen LogP contribution is -2.44. The van der Waals surface area contributed by atoms with E-state index in [-0.39, 0.29) is 11.9 Å². The average molecular weight is 261 g/mol. The lowest BCUT2D eigenvalue weighted by atomic mass is 10.2. The van der Waals surface area contributed by atoms with Crippen LogP contribution in [-0.2, 0) is 17.9 Å². The van der Waals surface area contributed by atoms with Gasteiger partial charge in [0.2, 0.25) is 5.91 Å². The van der Waals surface area contributed by atoms with Crippen LogP contribution < -0.4 is 0 Å². The maximum Gasteiger partial charge on any atom is 0.239 e. The fourth-order valence-electron chi connectivity index (χ4n) is 2.19. The van der Waals surface area contributed by atoms with Gasteiger partial charge in [0.25, 0.3) is 0 Å². The molecule has 1 atom stereocenters. The summed E-state index contributed by atoms with van der Waals surface area (Å²) in [4.78, 5) is 16.1. The van der Waals surface area contributed by atoms with Crippen LogP contribution in [-0.4, -0.2) is 52.2 Å². The van der Waals surface area contributed by atoms with E-state index >= 15 is 0 Å². The highest BCUT2D eigenvalue weighted by Gasteiger charge is 2.25. The largest absolute Gasteiger partial charge is 0.335 e. The Balaban J connectivity index is 2.17. The van der Waals surface area contributed by atoms with Crippen LogP contribution in [0.1, 0.15) is 24.7 Å². The lowest BCUT2D eigenvalue weighted by molar-refractivity contribution is -0.136. The Hall–Kier alpha value is -1.87. The van der Waals surface area contributed by atoms with E-state index in [9.17, 15) is 4.79 Å². The summed E-state index contributed by atoms with van der Waals surface area (Å²) in [5.74, 6) is 0.123. The predicted octanol–water partition coefficient (Wildman–Crippen LogP) is 0.437. The maximum absolute atomic E-state index is 12.4. The molecule has 0 spiro atoms. The van der Waals surface area contributed by atoms with Gasteiger partial charge in [-0.2, -0.15) is 10.4 Å². The normalized spacial score (nSPS) is 16.7. The minimum Gasteiger partial charge on any atom is -0.335 e. The second-order valence-corrected chi connectivity index (χ2v) is 5.11. The Labute approximate surface area is 113 Å². The Kier molecular flexibility index (Phi) is 3.86. The Morgan fingerprint density at radius 1 is 1.53 bits per heavy atom. The van der Waals surface area contributed by atoms with Gasteiger partial charge in [-0.25, -0.2) is 0 Å². The second-order valence-electron chi connectivity index (χ2n) is 5.11. The summed E-state index contributed by atoms with van der Waals surface area (Å²) in [5.41, 5.74) is 1.36. The van der Waals surface area contributed by atoms with E-state index in [1.54, 1.807) is 6.07 Å². The van der Waals surface area contributed by atoms with Crippen LogP contribution in [0.4, 0.5) is 0 Å². The number of rotatable bonds is 2. The molecule has 6 nitrogen and oxygen atoms in total. The minimum absolute atomic E-state index is 0.123. The average Bonchev–Trinajstić information content (AvgIpc) is 2.68. The Morgan fingerprint density at radius 2 is 2.26 bits per heavy atom. The standard InChI is InChI=1S/C13H19N5O/c1-10(16(2)3)13(19)17-5-4-6-18-12(9-17)7-11(8-14)15-18/h7,10H,4-6,9H2,1-3H3/t10-/m0/s1. The Morgan fingerprint density at radius 3 is 2.89 bits per heavy atom. The molecule has 0 aliphatic carbocycles. The van der Waals surface area contributed by atoms with Crippen LogP contribution in [0.25, 0.3) is 0 Å². The molecule has 0 bridgehead atoms. The first-order chi connectivity index (χ1) is 9.02. The van der Waals surface area contributed by atoms with Gasteiger partial charge in [-0.1, -0.05) is 0 Å². The summed E-state index contributed by atoms with van der Waals surface area (Å²) in [6.07, 6.45) is 0.867. The van der Waals surface area contributed by atoms with E-state index in [0.29, 0.717) is 12.2 Å². The molecule has 1 aromatic rings. The van der Waals surface area contributed by atoms with Crippen LogP contribution in [0.15, 0.2) is 6.07 Å². The highest BCUT2D eigenvalue weighted by molar-refractivity contribution is 5.81. The summed E-state index contributed by atoms with van der Waals surface area (Å²) in [5, 5.41) is 13.1. The van der Waals surface area contributed by atoms with Crippen molar-refractivity contribution in [3.63, 3.8) is 0 Å². The van der Waals surface area contributed by atoms with Crippen molar-refractivity contribution in [1.29, 1.82) is 5.26 Å². The maximum atomic E-state index is 12.4. The fourth-order valence-corrected chi connectivity index (χ4v) is 2.19. The number of likely N-dealkylation sites (N-methyl/N-ethyl adjacent to an activating group) is 1. The molecule has 1 aliphatic heterocycles. The molecular formula is C13H19N5O. The van der Waals surface area contributed by atoms with E-state index in [1.807, 2.05) is 41.6 Å². The zero-order valence-corrected chi connectivity index (χ0v) is 11.6. The molecule has 0 N–H and O–H groups in total. The van der Waals surface area contributed by atoms with Gasteiger partial charge in [0, 0.05) is 13.1 Å². The van der Waals surface area contributed by atoms with Crippen molar-refractivity contribution in [2.45, 2.75) is 32.5 Å². The van der Waals surface area contributed by atoms with Crippen LogP contribution in [0.5, 0.6) is 0 Å². The van der Waals surface area contributed by atoms with E-state index in [0.717, 1.165) is 25.2 Å². The summed E-state index contributed by atoms with van der Waals surface area (Å²) < 4.78 is 1.84. The molecule has 0 radical (unpaired) electrons. The number of fused-ring (bicyclic) bond motifs is 1. The van der Waals surface area contributed by atoms with Gasteiger partial charge in [0.05, 0.1) is 18.3 Å². The van der Waals surface area contributed by atoms with Crippen molar-refractivity contribution in [2.75, 3.05) is 20.6 Å². The number of aryl methyl sites for hydroxylation is 1. The zero-order valence-electron chi connectivity index (χ0n) is 11.6. The molecule has 0 unspecified atom stereocenters. The van der Waals surface area contributed by atoms with Crippen molar-refractivity contribution < 1.29 is 4.79 Å². The molecule has 2 rings (SSSR count). The predicted molar refractivity (Wildman–Crippen MR) is 70.1 cm³/mol. The number of amides is 1. The first kappa shape index (κ1) is 13.6. The highest BCUT2D eigenvalue weighted by atomic mass is 16.2. The summed E-state index contributed by atoms with van der Waals surface area (Å²) in [6.45, 7) is 3.94. The van der Waals surface area contributed by atoms with Crippen molar-refractivity contribution in [3.05, 3.63) is 17.5 Å². The van der Waals surface area contributed by atoms with Crippen molar-refractivity contribution >= 4 is 5.91 Å². The third kappa shape index (κ3) is 2.76. The van der Waals surface area contributed by atoms with Gasteiger partial charge >= 0.3 is 0 Å². The van der Waals surface area contributed by atoms with Gasteiger partial charge < -0.3 is 4.90 Å². The SMILES string of the molecule is C[C@@H](C(=O)N1CCCn2nc(C#N)cc2C1)N(C)C. The summed E-state index contributed by atoms with van der Waals surface area (Å²) in [6, 6.07) is 3.68. The molecule has 19 heavy (non-hydrogen) atoms. The van der Waals surface area contributed by atoms with Crippen LogP contribution in [0.3, 0.4) is 0 Å². The van der Waals surface area contributed by atoms with E-state index in [4.69, 9.17) is 5.26 Å². The molecule has 0 fully saturated rings. The van der Waals surface area contributed by atoms with E-state index < -0.39 is 0 Å². The van der Waals surface area contributed by atoms with Crippen LogP contribution in [0, 0.1) is 11.3 Å². The molecular weight excluding hydrogens is 242 g/mol. The smallest absolute Gasteiger partial charge is 0.239 e. The molecule has 102 valence electrons. The number of carbonyl (C=O) groups excluding carboxylic acids is 1. The first-order valence-corrected chi connectivity index (χ1v) is 6.45. The zero-order chi connectivity index (χ0) is 14.0. The summed E-state index contributed by atoms with van der Waals surface area (Å²) >= 11 is 0. The van der Waals surface area contributed by atoms with Crippen molar-refractivity contribution in [1.82, 2.24) is 19.6 Å². The molecule has 1 aliphatic rings. The molecule has 0 saturated carbocycles. The van der Waals surface area contributed by atoms with Crippen molar-refractivity contribution in [3.8, 4) is 6.07 Å². The first-order valence-electron chi connectivity index (χ1n) is 6.45. The number of hydrogen-bond acceptors (Lipinski definition) is 4. The number of aromatic nitrogens is 2. The second kappa shape index (κ2) is 5.41. The monoisotopic (exact) mass is 261 g/mol. The third-order valence-electron chi connectivity index (χ3n) is 3.57. The van der Waals surface area contributed by atoms with Crippen molar-refractivity contribution in [2.24, 2.45) is 0 Å². The summed E-state index contributed by atoms with van der Waals surface area (Å²) in [7, 11) is 3.80. The topological polar surface area (TPSA) is 65.2 Å². The van der Waals surface area contributed by atoms with Gasteiger partial charge in [-0.15, -0.1) is 0 Å². The number of nitriles is 1. The van der Waals surface area contributed by atoms with Gasteiger partial charge in [-0.05, 0) is 33.5 Å². The van der Waals surface area contributed by atoms with Crippen LogP contribution in [0.2, 0.25) is 0 Å². The molecule has 6 heteroatoms.